The number of rotatable bonds is 5. The summed E-state index contributed by atoms with van der Waals surface area (Å²) in [5, 5.41) is 0. The van der Waals surface area contributed by atoms with Gasteiger partial charge in [0.15, 0.2) is 0 Å². The predicted molar refractivity (Wildman–Crippen MR) is 61.6 cm³/mol. The topological polar surface area (TPSA) is 17.1 Å². The summed E-state index contributed by atoms with van der Waals surface area (Å²) in [6.07, 6.45) is 3.60. The summed E-state index contributed by atoms with van der Waals surface area (Å²) in [6, 6.07) is 10.3. The van der Waals surface area contributed by atoms with Crippen molar-refractivity contribution in [3.63, 3.8) is 0 Å². The predicted octanol–water partition coefficient (Wildman–Crippen LogP) is 3.31. The number of hydrogen-bond donors (Lipinski definition) is 0. The van der Waals surface area contributed by atoms with Crippen molar-refractivity contribution in [2.24, 2.45) is 0 Å². The standard InChI is InChI=1S/C12H14OS/c1-11(7-9-13)8-10-14-12-5-3-2-4-6-12/h2-6,8-9H,7,10H2,1H3/b11-8+. The van der Waals surface area contributed by atoms with Crippen LogP contribution in [0.15, 0.2) is 46.9 Å². The van der Waals surface area contributed by atoms with Crippen LogP contribution in [0.3, 0.4) is 0 Å². The normalized spacial score (nSPS) is 11.4. The number of carbonyl (C=O) groups excluding carboxylic acids is 1. The highest BCUT2D eigenvalue weighted by Crippen LogP contribution is 2.17. The van der Waals surface area contributed by atoms with Crippen molar-refractivity contribution >= 4 is 18.0 Å². The van der Waals surface area contributed by atoms with Gasteiger partial charge in [-0.2, -0.15) is 0 Å². The van der Waals surface area contributed by atoms with E-state index in [4.69, 9.17) is 0 Å². The molecule has 0 saturated carbocycles. The third-order valence-electron chi connectivity index (χ3n) is 1.83. The van der Waals surface area contributed by atoms with Crippen LogP contribution < -0.4 is 0 Å². The molecule has 0 saturated heterocycles. The van der Waals surface area contributed by atoms with Gasteiger partial charge in [0.2, 0.25) is 0 Å². The van der Waals surface area contributed by atoms with Crippen LogP contribution in [0.5, 0.6) is 0 Å². The molecule has 0 amide bonds. The third kappa shape index (κ3) is 4.28. The fourth-order valence-electron chi connectivity index (χ4n) is 1.01. The Labute approximate surface area is 89.2 Å². The summed E-state index contributed by atoms with van der Waals surface area (Å²) >= 11 is 1.78. The van der Waals surface area contributed by atoms with E-state index in [2.05, 4.69) is 18.2 Å². The molecule has 0 spiro atoms. The molecule has 1 rings (SSSR count). The molecule has 0 radical (unpaired) electrons. The summed E-state index contributed by atoms with van der Waals surface area (Å²) in [5.74, 6) is 0.934. The lowest BCUT2D eigenvalue weighted by molar-refractivity contribution is -0.107. The highest BCUT2D eigenvalue weighted by Gasteiger charge is 1.90. The van der Waals surface area contributed by atoms with Crippen molar-refractivity contribution in [3.8, 4) is 0 Å². The van der Waals surface area contributed by atoms with Gasteiger partial charge in [-0.1, -0.05) is 29.8 Å². The SMILES string of the molecule is C/C(=C\CSc1ccccc1)CC=O. The average molecular weight is 206 g/mol. The molecule has 0 atom stereocenters. The van der Waals surface area contributed by atoms with Crippen LogP contribution in [0.2, 0.25) is 0 Å². The molecule has 0 bridgehead atoms. The van der Waals surface area contributed by atoms with Crippen molar-refractivity contribution < 1.29 is 4.79 Å². The Morgan fingerprint density at radius 2 is 2.07 bits per heavy atom. The first kappa shape index (κ1) is 11.1. The van der Waals surface area contributed by atoms with E-state index >= 15 is 0 Å². The van der Waals surface area contributed by atoms with Gasteiger partial charge >= 0.3 is 0 Å². The van der Waals surface area contributed by atoms with Gasteiger partial charge in [-0.3, -0.25) is 0 Å². The molecule has 0 aliphatic heterocycles. The van der Waals surface area contributed by atoms with E-state index in [-0.39, 0.29) is 0 Å². The molecular formula is C12H14OS. The first-order chi connectivity index (χ1) is 6.83. The Morgan fingerprint density at radius 1 is 1.36 bits per heavy atom. The second kappa shape index (κ2) is 6.44. The molecule has 14 heavy (non-hydrogen) atoms. The van der Waals surface area contributed by atoms with Gasteiger partial charge in [0.25, 0.3) is 0 Å². The van der Waals surface area contributed by atoms with Gasteiger partial charge in [-0.15, -0.1) is 11.8 Å². The highest BCUT2D eigenvalue weighted by molar-refractivity contribution is 7.99. The molecule has 0 fully saturated rings. The lowest BCUT2D eigenvalue weighted by atomic mass is 10.2. The van der Waals surface area contributed by atoms with E-state index < -0.39 is 0 Å². The molecule has 0 aliphatic carbocycles. The van der Waals surface area contributed by atoms with Gasteiger partial charge in [0.05, 0.1) is 0 Å². The number of hydrogen-bond acceptors (Lipinski definition) is 2. The minimum atomic E-state index is 0.551. The molecule has 1 aromatic carbocycles. The minimum Gasteiger partial charge on any atom is -0.303 e. The van der Waals surface area contributed by atoms with Crippen LogP contribution in [-0.4, -0.2) is 12.0 Å². The van der Waals surface area contributed by atoms with Crippen molar-refractivity contribution in [2.75, 3.05) is 5.75 Å². The molecule has 1 nitrogen and oxygen atoms in total. The van der Waals surface area contributed by atoms with Gasteiger partial charge < -0.3 is 4.79 Å². The smallest absolute Gasteiger partial charge is 0.124 e. The molecule has 0 unspecified atom stereocenters. The van der Waals surface area contributed by atoms with Crippen molar-refractivity contribution in [1.82, 2.24) is 0 Å². The number of carbonyl (C=O) groups is 1. The van der Waals surface area contributed by atoms with E-state index in [1.807, 2.05) is 25.1 Å². The molecule has 0 aromatic heterocycles. The maximum absolute atomic E-state index is 10.2. The third-order valence-corrected chi connectivity index (χ3v) is 2.77. The van der Waals surface area contributed by atoms with Crippen LogP contribution in [0.4, 0.5) is 0 Å². The van der Waals surface area contributed by atoms with Crippen molar-refractivity contribution in [3.05, 3.63) is 42.0 Å². The van der Waals surface area contributed by atoms with E-state index in [1.54, 1.807) is 11.8 Å². The van der Waals surface area contributed by atoms with Crippen LogP contribution >= 0.6 is 11.8 Å². The Hall–Kier alpha value is -1.02. The molecule has 1 aromatic rings. The first-order valence-corrected chi connectivity index (χ1v) is 5.58. The van der Waals surface area contributed by atoms with Gasteiger partial charge in [0, 0.05) is 17.1 Å². The Kier molecular flexibility index (Phi) is 5.08. The summed E-state index contributed by atoms with van der Waals surface area (Å²) in [7, 11) is 0. The zero-order valence-corrected chi connectivity index (χ0v) is 9.09. The maximum atomic E-state index is 10.2. The summed E-state index contributed by atoms with van der Waals surface area (Å²) in [6.45, 7) is 1.99. The molecule has 0 heterocycles. The van der Waals surface area contributed by atoms with E-state index in [0.717, 1.165) is 17.6 Å². The fourth-order valence-corrected chi connectivity index (χ4v) is 1.92. The Bertz CT molecular complexity index is 303. The Morgan fingerprint density at radius 3 is 2.71 bits per heavy atom. The van der Waals surface area contributed by atoms with E-state index in [0.29, 0.717) is 6.42 Å². The van der Waals surface area contributed by atoms with Gasteiger partial charge in [-0.25, -0.2) is 0 Å². The fraction of sp³-hybridized carbons (Fsp3) is 0.250. The van der Waals surface area contributed by atoms with Crippen molar-refractivity contribution in [2.45, 2.75) is 18.2 Å². The van der Waals surface area contributed by atoms with Crippen LogP contribution in [0.1, 0.15) is 13.3 Å². The van der Waals surface area contributed by atoms with Crippen LogP contribution in [0.25, 0.3) is 0 Å². The highest BCUT2D eigenvalue weighted by atomic mass is 32.2. The van der Waals surface area contributed by atoms with Gasteiger partial charge in [-0.05, 0) is 19.1 Å². The zero-order chi connectivity index (χ0) is 10.2. The number of allylic oxidation sites excluding steroid dienone is 1. The summed E-state index contributed by atoms with van der Waals surface area (Å²) in [5.41, 5.74) is 1.14. The van der Waals surface area contributed by atoms with E-state index in [1.165, 1.54) is 4.90 Å². The molecule has 2 heteroatoms. The average Bonchev–Trinajstić information content (AvgIpc) is 2.20. The second-order valence-electron chi connectivity index (χ2n) is 3.05. The lowest BCUT2D eigenvalue weighted by Gasteiger charge is -1.97. The summed E-state index contributed by atoms with van der Waals surface area (Å²) < 4.78 is 0. The van der Waals surface area contributed by atoms with Crippen molar-refractivity contribution in [1.29, 1.82) is 0 Å². The number of thioether (sulfide) groups is 1. The van der Waals surface area contributed by atoms with Gasteiger partial charge in [0.1, 0.15) is 6.29 Å². The first-order valence-electron chi connectivity index (χ1n) is 4.60. The Balaban J connectivity index is 2.35. The minimum absolute atomic E-state index is 0.551. The monoisotopic (exact) mass is 206 g/mol. The molecule has 74 valence electrons. The number of aldehydes is 1. The molecule has 0 aliphatic rings. The molecular weight excluding hydrogens is 192 g/mol. The van der Waals surface area contributed by atoms with Crippen LogP contribution in [-0.2, 0) is 4.79 Å². The number of benzene rings is 1. The largest absolute Gasteiger partial charge is 0.303 e. The van der Waals surface area contributed by atoms with E-state index in [9.17, 15) is 4.79 Å². The summed E-state index contributed by atoms with van der Waals surface area (Å²) in [4.78, 5) is 11.5. The quantitative estimate of drug-likeness (QED) is 0.417. The van der Waals surface area contributed by atoms with Crippen LogP contribution in [0, 0.1) is 0 Å². The molecule has 0 N–H and O–H groups in total. The zero-order valence-electron chi connectivity index (χ0n) is 8.27. The maximum Gasteiger partial charge on any atom is 0.124 e. The lowest BCUT2D eigenvalue weighted by Crippen LogP contribution is -1.80. The second-order valence-corrected chi connectivity index (χ2v) is 4.14.